The Hall–Kier alpha value is -2.59. The van der Waals surface area contributed by atoms with Crippen LogP contribution in [0.4, 0.5) is 5.69 Å². The molecular formula is C25H34BrN3O5S. The van der Waals surface area contributed by atoms with E-state index in [0.29, 0.717) is 5.75 Å². The Morgan fingerprint density at radius 3 is 2.34 bits per heavy atom. The third kappa shape index (κ3) is 8.24. The minimum Gasteiger partial charge on any atom is -0.495 e. The number of rotatable bonds is 9. The zero-order valence-corrected chi connectivity index (χ0v) is 23.7. The summed E-state index contributed by atoms with van der Waals surface area (Å²) >= 11 is 3.43. The number of hydrogen-bond acceptors (Lipinski definition) is 5. The van der Waals surface area contributed by atoms with Crippen molar-refractivity contribution in [3.63, 3.8) is 0 Å². The number of carbonyl (C=O) groups excluding carboxylic acids is 2. The van der Waals surface area contributed by atoms with Crippen LogP contribution in [0.15, 0.2) is 46.9 Å². The maximum Gasteiger partial charge on any atom is 0.244 e. The normalized spacial score (nSPS) is 12.6. The number of nitrogens with one attached hydrogen (secondary N) is 1. The van der Waals surface area contributed by atoms with E-state index in [1.54, 1.807) is 25.1 Å². The number of methoxy groups -OCH3 is 1. The van der Waals surface area contributed by atoms with Crippen LogP contribution >= 0.6 is 15.9 Å². The number of aryl methyl sites for hydroxylation is 1. The summed E-state index contributed by atoms with van der Waals surface area (Å²) in [6.07, 6.45) is 1.04. The van der Waals surface area contributed by atoms with E-state index in [4.69, 9.17) is 4.74 Å². The van der Waals surface area contributed by atoms with Gasteiger partial charge in [-0.1, -0.05) is 34.1 Å². The second kappa shape index (κ2) is 11.4. The monoisotopic (exact) mass is 567 g/mol. The smallest absolute Gasteiger partial charge is 0.244 e. The Kier molecular flexibility index (Phi) is 9.36. The molecule has 2 rings (SSSR count). The molecule has 192 valence electrons. The van der Waals surface area contributed by atoms with Gasteiger partial charge in [0.25, 0.3) is 0 Å². The van der Waals surface area contributed by atoms with Crippen LogP contribution in [0.5, 0.6) is 5.75 Å². The number of hydrogen-bond donors (Lipinski definition) is 1. The van der Waals surface area contributed by atoms with Crippen molar-refractivity contribution in [3.05, 3.63) is 58.1 Å². The minimum atomic E-state index is -3.85. The van der Waals surface area contributed by atoms with Gasteiger partial charge in [-0.2, -0.15) is 0 Å². The molecule has 1 N–H and O–H groups in total. The van der Waals surface area contributed by atoms with Crippen LogP contribution in [-0.4, -0.2) is 56.6 Å². The molecule has 0 spiro atoms. The van der Waals surface area contributed by atoms with Crippen molar-refractivity contribution < 1.29 is 22.7 Å². The minimum absolute atomic E-state index is 0.125. The zero-order chi connectivity index (χ0) is 26.6. The number of nitrogens with zero attached hydrogens (tertiary/aromatic N) is 2. The van der Waals surface area contributed by atoms with Crippen LogP contribution in [0.2, 0.25) is 0 Å². The lowest BCUT2D eigenvalue weighted by Crippen LogP contribution is -2.54. The number of ether oxygens (including phenoxy) is 1. The largest absolute Gasteiger partial charge is 0.495 e. The van der Waals surface area contributed by atoms with Crippen molar-refractivity contribution in [1.82, 2.24) is 10.2 Å². The van der Waals surface area contributed by atoms with Gasteiger partial charge in [0.15, 0.2) is 0 Å². The average Bonchev–Trinajstić information content (AvgIpc) is 2.73. The van der Waals surface area contributed by atoms with Gasteiger partial charge in [-0.3, -0.25) is 13.9 Å². The third-order valence-electron chi connectivity index (χ3n) is 5.19. The van der Waals surface area contributed by atoms with Crippen molar-refractivity contribution in [3.8, 4) is 5.75 Å². The number of sulfonamides is 1. The van der Waals surface area contributed by atoms with Gasteiger partial charge in [0, 0.05) is 16.6 Å². The lowest BCUT2D eigenvalue weighted by molar-refractivity contribution is -0.140. The highest BCUT2D eigenvalue weighted by Gasteiger charge is 2.32. The van der Waals surface area contributed by atoms with Crippen LogP contribution in [0.25, 0.3) is 0 Å². The van der Waals surface area contributed by atoms with Crippen LogP contribution in [0.1, 0.15) is 38.8 Å². The molecular weight excluding hydrogens is 534 g/mol. The molecule has 0 aromatic heterocycles. The number of amides is 2. The molecule has 0 aliphatic rings. The molecule has 0 saturated carbocycles. The van der Waals surface area contributed by atoms with E-state index < -0.39 is 34.1 Å². The van der Waals surface area contributed by atoms with Gasteiger partial charge >= 0.3 is 0 Å². The summed E-state index contributed by atoms with van der Waals surface area (Å²) in [6.45, 7) is 8.66. The highest BCUT2D eigenvalue weighted by molar-refractivity contribution is 9.10. The Labute approximate surface area is 216 Å². The molecule has 0 radical (unpaired) electrons. The molecule has 0 unspecified atom stereocenters. The molecule has 0 saturated heterocycles. The van der Waals surface area contributed by atoms with Gasteiger partial charge in [-0.05, 0) is 70.0 Å². The van der Waals surface area contributed by atoms with Crippen LogP contribution in [-0.2, 0) is 26.2 Å². The first-order valence-corrected chi connectivity index (χ1v) is 13.7. The van der Waals surface area contributed by atoms with E-state index in [1.165, 1.54) is 12.0 Å². The average molecular weight is 569 g/mol. The lowest BCUT2D eigenvalue weighted by Gasteiger charge is -2.33. The third-order valence-corrected chi connectivity index (χ3v) is 6.81. The van der Waals surface area contributed by atoms with Crippen molar-refractivity contribution >= 4 is 43.5 Å². The van der Waals surface area contributed by atoms with E-state index in [-0.39, 0.29) is 18.1 Å². The van der Waals surface area contributed by atoms with E-state index in [2.05, 4.69) is 21.2 Å². The first-order valence-electron chi connectivity index (χ1n) is 11.1. The predicted molar refractivity (Wildman–Crippen MR) is 142 cm³/mol. The highest BCUT2D eigenvalue weighted by atomic mass is 79.9. The molecule has 0 aliphatic heterocycles. The topological polar surface area (TPSA) is 96.0 Å². The molecule has 10 heteroatoms. The fourth-order valence-electron chi connectivity index (χ4n) is 3.48. The zero-order valence-electron chi connectivity index (χ0n) is 21.3. The van der Waals surface area contributed by atoms with Gasteiger partial charge in [0.2, 0.25) is 21.8 Å². The Balaban J connectivity index is 2.48. The standard InChI is InChI=1S/C25H34BrN3O5S/c1-17-11-12-22(34-6)21(13-17)29(35(7,32)33)16-23(30)28(15-19-9-8-10-20(26)14-19)18(2)24(31)27-25(3,4)5/h8-14,18H,15-16H2,1-7H3,(H,27,31)/t18-/m0/s1. The summed E-state index contributed by atoms with van der Waals surface area (Å²) in [7, 11) is -2.41. The summed E-state index contributed by atoms with van der Waals surface area (Å²) < 4.78 is 32.8. The molecule has 2 amide bonds. The summed E-state index contributed by atoms with van der Waals surface area (Å²) in [5.41, 5.74) is 1.37. The van der Waals surface area contributed by atoms with Gasteiger partial charge in [0.05, 0.1) is 19.1 Å². The molecule has 2 aromatic rings. The highest BCUT2D eigenvalue weighted by Crippen LogP contribution is 2.31. The van der Waals surface area contributed by atoms with E-state index in [9.17, 15) is 18.0 Å². The van der Waals surface area contributed by atoms with E-state index in [1.807, 2.05) is 52.0 Å². The first-order chi connectivity index (χ1) is 16.1. The maximum absolute atomic E-state index is 13.6. The van der Waals surface area contributed by atoms with Crippen molar-refractivity contribution in [2.75, 3.05) is 24.2 Å². The fraction of sp³-hybridized carbons (Fsp3) is 0.440. The molecule has 0 bridgehead atoms. The number of benzene rings is 2. The second-order valence-electron chi connectivity index (χ2n) is 9.51. The SMILES string of the molecule is COc1ccc(C)cc1N(CC(=O)N(Cc1cccc(Br)c1)[C@@H](C)C(=O)NC(C)(C)C)S(C)(=O)=O. The Morgan fingerprint density at radius 1 is 1.14 bits per heavy atom. The Morgan fingerprint density at radius 2 is 1.80 bits per heavy atom. The van der Waals surface area contributed by atoms with E-state index in [0.717, 1.165) is 26.2 Å². The number of carbonyl (C=O) groups is 2. The van der Waals surface area contributed by atoms with E-state index >= 15 is 0 Å². The molecule has 35 heavy (non-hydrogen) atoms. The van der Waals surface area contributed by atoms with Crippen molar-refractivity contribution in [2.24, 2.45) is 0 Å². The quantitative estimate of drug-likeness (QED) is 0.496. The second-order valence-corrected chi connectivity index (χ2v) is 12.3. The van der Waals surface area contributed by atoms with Crippen LogP contribution in [0, 0.1) is 6.92 Å². The Bertz CT molecular complexity index is 1180. The summed E-state index contributed by atoms with van der Waals surface area (Å²) in [5, 5.41) is 2.90. The fourth-order valence-corrected chi connectivity index (χ4v) is 4.77. The van der Waals surface area contributed by atoms with Gasteiger partial charge in [-0.15, -0.1) is 0 Å². The first kappa shape index (κ1) is 28.6. The van der Waals surface area contributed by atoms with Gasteiger partial charge in [0.1, 0.15) is 18.3 Å². The molecule has 0 heterocycles. The predicted octanol–water partition coefficient (Wildman–Crippen LogP) is 3.86. The van der Waals surface area contributed by atoms with Crippen molar-refractivity contribution in [2.45, 2.75) is 52.7 Å². The summed E-state index contributed by atoms with van der Waals surface area (Å²) in [5.74, 6) is -0.527. The molecule has 2 aromatic carbocycles. The number of halogens is 1. The van der Waals surface area contributed by atoms with Crippen LogP contribution < -0.4 is 14.4 Å². The van der Waals surface area contributed by atoms with Crippen LogP contribution in [0.3, 0.4) is 0 Å². The molecule has 1 atom stereocenters. The lowest BCUT2D eigenvalue weighted by atomic mass is 10.1. The maximum atomic E-state index is 13.6. The van der Waals surface area contributed by atoms with Crippen molar-refractivity contribution in [1.29, 1.82) is 0 Å². The molecule has 8 nitrogen and oxygen atoms in total. The van der Waals surface area contributed by atoms with Gasteiger partial charge < -0.3 is 15.0 Å². The number of anilines is 1. The summed E-state index contributed by atoms with van der Waals surface area (Å²) in [4.78, 5) is 28.0. The summed E-state index contributed by atoms with van der Waals surface area (Å²) in [6, 6.07) is 11.7. The molecule has 0 aliphatic carbocycles. The van der Waals surface area contributed by atoms with Gasteiger partial charge in [-0.25, -0.2) is 8.42 Å². The molecule has 0 fully saturated rings.